The number of rotatable bonds is 4. The van der Waals surface area contributed by atoms with E-state index in [9.17, 15) is 8.78 Å². The second kappa shape index (κ2) is 6.79. The molecular weight excluding hydrogens is 350 g/mol. The molecular formula is C17H15ClF2N4O. The highest BCUT2D eigenvalue weighted by Crippen LogP contribution is 2.25. The van der Waals surface area contributed by atoms with Crippen LogP contribution in [-0.2, 0) is 11.3 Å². The second-order valence-corrected chi connectivity index (χ2v) is 5.84. The summed E-state index contributed by atoms with van der Waals surface area (Å²) in [6.45, 7) is -0.330. The van der Waals surface area contributed by atoms with E-state index < -0.39 is 17.5 Å². The molecule has 130 valence electrons. The Hall–Kier alpha value is -2.48. The van der Waals surface area contributed by atoms with E-state index in [0.717, 1.165) is 17.7 Å². The standard InChI is InChI=1S/C17H15ClF2N4O/c18-16-12(13(19)5-6-14(16)20)8-25-17(22)9-23-15(7-24-17)10-1-3-11(21)4-2-10/h1-7,9,24H,8,21-22H2. The normalized spacial score (nSPS) is 19.4. The van der Waals surface area contributed by atoms with Crippen LogP contribution in [0.1, 0.15) is 11.1 Å². The Morgan fingerprint density at radius 3 is 2.44 bits per heavy atom. The van der Waals surface area contributed by atoms with Gasteiger partial charge in [-0.15, -0.1) is 0 Å². The van der Waals surface area contributed by atoms with Crippen molar-refractivity contribution in [2.45, 2.75) is 12.5 Å². The van der Waals surface area contributed by atoms with Gasteiger partial charge in [0.2, 0.25) is 5.85 Å². The van der Waals surface area contributed by atoms with Crippen molar-refractivity contribution >= 4 is 29.2 Å². The number of hydrogen-bond donors (Lipinski definition) is 3. The molecule has 0 fully saturated rings. The van der Waals surface area contributed by atoms with E-state index in [4.69, 9.17) is 27.8 Å². The summed E-state index contributed by atoms with van der Waals surface area (Å²) in [6.07, 6.45) is 2.90. The molecule has 5 N–H and O–H groups in total. The Kier molecular flexibility index (Phi) is 4.71. The minimum atomic E-state index is -1.47. The van der Waals surface area contributed by atoms with E-state index in [1.165, 1.54) is 6.21 Å². The summed E-state index contributed by atoms with van der Waals surface area (Å²) in [5.41, 5.74) is 13.6. The molecule has 0 spiro atoms. The predicted octanol–water partition coefficient (Wildman–Crippen LogP) is 3.00. The maximum Gasteiger partial charge on any atom is 0.231 e. The SMILES string of the molecule is Nc1ccc(C2=CNC(N)(OCc3c(F)ccc(F)c3Cl)C=N2)cc1. The summed E-state index contributed by atoms with van der Waals surface area (Å²) in [4.78, 5) is 4.24. The van der Waals surface area contributed by atoms with Crippen LogP contribution in [0.15, 0.2) is 47.6 Å². The van der Waals surface area contributed by atoms with Crippen molar-refractivity contribution in [3.8, 4) is 0 Å². The molecule has 0 saturated heterocycles. The van der Waals surface area contributed by atoms with E-state index in [-0.39, 0.29) is 17.2 Å². The predicted molar refractivity (Wildman–Crippen MR) is 93.5 cm³/mol. The number of anilines is 1. The zero-order valence-electron chi connectivity index (χ0n) is 13.0. The number of nitrogens with two attached hydrogens (primary N) is 2. The molecule has 1 atom stereocenters. The van der Waals surface area contributed by atoms with E-state index in [1.54, 1.807) is 18.3 Å². The van der Waals surface area contributed by atoms with Crippen LogP contribution in [-0.4, -0.2) is 12.1 Å². The third kappa shape index (κ3) is 3.79. The summed E-state index contributed by atoms with van der Waals surface area (Å²) in [7, 11) is 0. The first kappa shape index (κ1) is 17.3. The number of nitrogens with one attached hydrogen (secondary N) is 1. The Labute approximate surface area is 147 Å². The number of nitrogen functional groups attached to an aromatic ring is 1. The summed E-state index contributed by atoms with van der Waals surface area (Å²) in [5.74, 6) is -2.89. The number of aliphatic imine (C=N–C) groups is 1. The van der Waals surface area contributed by atoms with Gasteiger partial charge in [-0.2, -0.15) is 0 Å². The van der Waals surface area contributed by atoms with Gasteiger partial charge in [-0.1, -0.05) is 23.7 Å². The Bertz CT molecular complexity index is 854. The Morgan fingerprint density at radius 1 is 1.12 bits per heavy atom. The van der Waals surface area contributed by atoms with E-state index in [0.29, 0.717) is 11.4 Å². The van der Waals surface area contributed by atoms with Crippen LogP contribution in [0.2, 0.25) is 5.02 Å². The minimum Gasteiger partial charge on any atom is -0.399 e. The number of benzene rings is 2. The Morgan fingerprint density at radius 2 is 1.80 bits per heavy atom. The average molecular weight is 365 g/mol. The molecule has 2 aromatic rings. The molecule has 3 rings (SSSR count). The van der Waals surface area contributed by atoms with Gasteiger partial charge in [0.05, 0.1) is 23.5 Å². The summed E-state index contributed by atoms with van der Waals surface area (Å²) in [6, 6.07) is 9.05. The van der Waals surface area contributed by atoms with Crippen LogP contribution in [0.4, 0.5) is 14.5 Å². The molecule has 0 bridgehead atoms. The number of hydrogen-bond acceptors (Lipinski definition) is 5. The van der Waals surface area contributed by atoms with Gasteiger partial charge < -0.3 is 15.8 Å². The highest BCUT2D eigenvalue weighted by atomic mass is 35.5. The lowest BCUT2D eigenvalue weighted by Gasteiger charge is -2.29. The minimum absolute atomic E-state index is 0.116. The van der Waals surface area contributed by atoms with Crippen LogP contribution in [0.3, 0.4) is 0 Å². The third-order valence-electron chi connectivity index (χ3n) is 3.63. The number of ether oxygens (including phenoxy) is 1. The van der Waals surface area contributed by atoms with Crippen molar-refractivity contribution in [2.24, 2.45) is 10.7 Å². The first-order chi connectivity index (χ1) is 11.9. The van der Waals surface area contributed by atoms with Crippen LogP contribution in [0, 0.1) is 11.6 Å². The van der Waals surface area contributed by atoms with Crippen LogP contribution in [0.25, 0.3) is 5.70 Å². The third-order valence-corrected chi connectivity index (χ3v) is 4.04. The highest BCUT2D eigenvalue weighted by molar-refractivity contribution is 6.31. The van der Waals surface area contributed by atoms with E-state index >= 15 is 0 Å². The lowest BCUT2D eigenvalue weighted by atomic mass is 10.1. The molecule has 0 saturated carbocycles. The molecule has 2 aromatic carbocycles. The lowest BCUT2D eigenvalue weighted by molar-refractivity contribution is -0.0137. The average Bonchev–Trinajstić information content (AvgIpc) is 2.60. The molecule has 1 aliphatic rings. The summed E-state index contributed by atoms with van der Waals surface area (Å²) >= 11 is 5.77. The fourth-order valence-electron chi connectivity index (χ4n) is 2.20. The molecule has 1 heterocycles. The van der Waals surface area contributed by atoms with Crippen molar-refractivity contribution in [3.63, 3.8) is 0 Å². The van der Waals surface area contributed by atoms with Crippen LogP contribution < -0.4 is 16.8 Å². The van der Waals surface area contributed by atoms with Gasteiger partial charge >= 0.3 is 0 Å². The fourth-order valence-corrected chi connectivity index (χ4v) is 2.41. The van der Waals surface area contributed by atoms with Crippen molar-refractivity contribution in [3.05, 3.63) is 70.4 Å². The Balaban J connectivity index is 1.70. The van der Waals surface area contributed by atoms with Crippen molar-refractivity contribution in [2.75, 3.05) is 5.73 Å². The van der Waals surface area contributed by atoms with Crippen LogP contribution >= 0.6 is 11.6 Å². The molecule has 8 heteroatoms. The number of nitrogens with zero attached hydrogens (tertiary/aromatic N) is 1. The van der Waals surface area contributed by atoms with Crippen molar-refractivity contribution < 1.29 is 13.5 Å². The van der Waals surface area contributed by atoms with E-state index in [2.05, 4.69) is 10.3 Å². The second-order valence-electron chi connectivity index (χ2n) is 5.46. The smallest absolute Gasteiger partial charge is 0.231 e. The van der Waals surface area contributed by atoms with Crippen molar-refractivity contribution in [1.82, 2.24) is 5.32 Å². The quantitative estimate of drug-likeness (QED) is 0.442. The highest BCUT2D eigenvalue weighted by Gasteiger charge is 2.26. The molecule has 0 aromatic heterocycles. The van der Waals surface area contributed by atoms with Gasteiger partial charge in [0.25, 0.3) is 0 Å². The molecule has 25 heavy (non-hydrogen) atoms. The topological polar surface area (TPSA) is 85.7 Å². The summed E-state index contributed by atoms with van der Waals surface area (Å²) in [5, 5.41) is 2.50. The fraction of sp³-hybridized carbons (Fsp3) is 0.118. The van der Waals surface area contributed by atoms with Gasteiger partial charge in [0.15, 0.2) is 0 Å². The van der Waals surface area contributed by atoms with Gasteiger partial charge in [-0.3, -0.25) is 10.7 Å². The summed E-state index contributed by atoms with van der Waals surface area (Å²) < 4.78 is 32.7. The molecule has 5 nitrogen and oxygen atoms in total. The lowest BCUT2D eigenvalue weighted by Crippen LogP contribution is -2.56. The number of halogens is 3. The largest absolute Gasteiger partial charge is 0.399 e. The molecule has 1 unspecified atom stereocenters. The van der Waals surface area contributed by atoms with E-state index in [1.807, 2.05) is 12.1 Å². The zero-order chi connectivity index (χ0) is 18.0. The molecule has 0 radical (unpaired) electrons. The van der Waals surface area contributed by atoms with Gasteiger partial charge in [-0.25, -0.2) is 8.78 Å². The molecule has 0 aliphatic carbocycles. The van der Waals surface area contributed by atoms with Gasteiger partial charge in [-0.05, 0) is 24.3 Å². The van der Waals surface area contributed by atoms with Gasteiger partial charge in [0, 0.05) is 23.0 Å². The van der Waals surface area contributed by atoms with Crippen LogP contribution in [0.5, 0.6) is 0 Å². The molecule has 1 aliphatic heterocycles. The molecule has 0 amide bonds. The first-order valence-electron chi connectivity index (χ1n) is 7.32. The monoisotopic (exact) mass is 364 g/mol. The van der Waals surface area contributed by atoms with Crippen molar-refractivity contribution in [1.29, 1.82) is 0 Å². The first-order valence-corrected chi connectivity index (χ1v) is 7.70. The maximum atomic E-state index is 13.8. The maximum absolute atomic E-state index is 13.8. The zero-order valence-corrected chi connectivity index (χ0v) is 13.7. The van der Waals surface area contributed by atoms with Gasteiger partial charge in [0.1, 0.15) is 11.6 Å².